The van der Waals surface area contributed by atoms with Crippen molar-refractivity contribution in [1.29, 1.82) is 0 Å². The molecule has 0 aromatic carbocycles. The van der Waals surface area contributed by atoms with Gasteiger partial charge in [-0.05, 0) is 40.0 Å². The van der Waals surface area contributed by atoms with Gasteiger partial charge in [0.2, 0.25) is 0 Å². The van der Waals surface area contributed by atoms with E-state index in [9.17, 15) is 0 Å². The number of unbranched alkanes of at least 4 members (excludes halogenated alkanes) is 1. The molecule has 1 rings (SSSR count). The predicted molar refractivity (Wildman–Crippen MR) is 80.3 cm³/mol. The molecule has 1 N–H and O–H groups in total. The van der Waals surface area contributed by atoms with E-state index >= 15 is 0 Å². The number of rotatable bonds is 7. The Bertz CT molecular complexity index is 339. The number of hydrogen-bond acceptors (Lipinski definition) is 4. The zero-order valence-corrected chi connectivity index (χ0v) is 13.2. The summed E-state index contributed by atoms with van der Waals surface area (Å²) in [5.74, 6) is 0. The zero-order valence-electron chi connectivity index (χ0n) is 12.4. The lowest BCUT2D eigenvalue weighted by Crippen LogP contribution is -2.18. The van der Waals surface area contributed by atoms with Crippen LogP contribution in [0.25, 0.3) is 0 Å². The van der Waals surface area contributed by atoms with Crippen LogP contribution in [0.1, 0.15) is 44.3 Å². The summed E-state index contributed by atoms with van der Waals surface area (Å²) >= 11 is 1.76. The molecule has 0 aliphatic rings. The molecule has 1 aromatic heterocycles. The third-order valence-electron chi connectivity index (χ3n) is 2.81. The largest absolute Gasteiger partial charge is 0.310 e. The van der Waals surface area contributed by atoms with Crippen molar-refractivity contribution in [3.05, 3.63) is 16.1 Å². The maximum atomic E-state index is 4.68. The van der Waals surface area contributed by atoms with Gasteiger partial charge < -0.3 is 10.2 Å². The Hall–Kier alpha value is -0.450. The van der Waals surface area contributed by atoms with Gasteiger partial charge in [0.1, 0.15) is 5.01 Å². The summed E-state index contributed by atoms with van der Waals surface area (Å²) in [5.41, 5.74) is 1.37. The van der Waals surface area contributed by atoms with Gasteiger partial charge in [-0.2, -0.15) is 0 Å². The minimum atomic E-state index is 0.167. The second-order valence-electron chi connectivity index (χ2n) is 6.06. The maximum Gasteiger partial charge on any atom is 0.107 e. The Morgan fingerprint density at radius 3 is 2.56 bits per heavy atom. The van der Waals surface area contributed by atoms with Crippen LogP contribution in [0.5, 0.6) is 0 Å². The number of hydrogen-bond donors (Lipinski definition) is 1. The van der Waals surface area contributed by atoms with Crippen molar-refractivity contribution in [2.45, 2.75) is 45.6 Å². The highest BCUT2D eigenvalue weighted by Gasteiger charge is 2.16. The van der Waals surface area contributed by atoms with Crippen LogP contribution in [-0.2, 0) is 12.0 Å². The van der Waals surface area contributed by atoms with Crippen LogP contribution < -0.4 is 5.32 Å². The van der Waals surface area contributed by atoms with Crippen molar-refractivity contribution < 1.29 is 0 Å². The fourth-order valence-electron chi connectivity index (χ4n) is 1.61. The van der Waals surface area contributed by atoms with Crippen molar-refractivity contribution in [3.63, 3.8) is 0 Å². The highest BCUT2D eigenvalue weighted by atomic mass is 32.1. The van der Waals surface area contributed by atoms with E-state index in [-0.39, 0.29) is 5.41 Å². The molecule has 0 aliphatic heterocycles. The second kappa shape index (κ2) is 7.22. The molecule has 1 aromatic rings. The SMILES string of the molecule is CN(C)CCCCNCc1nc(C(C)(C)C)cs1. The average molecular weight is 269 g/mol. The molecular formula is C14H27N3S. The molecule has 18 heavy (non-hydrogen) atoms. The maximum absolute atomic E-state index is 4.68. The molecule has 0 saturated carbocycles. The van der Waals surface area contributed by atoms with E-state index in [0.717, 1.165) is 13.1 Å². The monoisotopic (exact) mass is 269 g/mol. The van der Waals surface area contributed by atoms with E-state index in [1.807, 2.05) is 0 Å². The van der Waals surface area contributed by atoms with Crippen LogP contribution >= 0.6 is 11.3 Å². The van der Waals surface area contributed by atoms with Crippen molar-refractivity contribution in [1.82, 2.24) is 15.2 Å². The van der Waals surface area contributed by atoms with Gasteiger partial charge in [0.15, 0.2) is 0 Å². The number of thiazole rings is 1. The Kier molecular flexibility index (Phi) is 6.26. The summed E-state index contributed by atoms with van der Waals surface area (Å²) in [6, 6.07) is 0. The first-order chi connectivity index (χ1) is 8.39. The van der Waals surface area contributed by atoms with E-state index < -0.39 is 0 Å². The van der Waals surface area contributed by atoms with Crippen LogP contribution in [0.4, 0.5) is 0 Å². The molecule has 0 unspecified atom stereocenters. The Morgan fingerprint density at radius 1 is 1.28 bits per heavy atom. The van der Waals surface area contributed by atoms with Crippen LogP contribution in [-0.4, -0.2) is 37.1 Å². The van der Waals surface area contributed by atoms with Gasteiger partial charge >= 0.3 is 0 Å². The third-order valence-corrected chi connectivity index (χ3v) is 3.65. The van der Waals surface area contributed by atoms with E-state index in [4.69, 9.17) is 0 Å². The summed E-state index contributed by atoms with van der Waals surface area (Å²) in [6.07, 6.45) is 2.49. The minimum Gasteiger partial charge on any atom is -0.310 e. The van der Waals surface area contributed by atoms with Crippen molar-refractivity contribution in [2.24, 2.45) is 0 Å². The standard InChI is InChI=1S/C14H27N3S/c1-14(2,3)12-11-18-13(16-12)10-15-8-6-7-9-17(4)5/h11,15H,6-10H2,1-5H3. The van der Waals surface area contributed by atoms with Crippen LogP contribution in [0.15, 0.2) is 5.38 Å². The molecule has 0 saturated heterocycles. The molecule has 4 heteroatoms. The van der Waals surface area contributed by atoms with E-state index in [1.165, 1.54) is 30.1 Å². The normalized spacial score (nSPS) is 12.3. The molecular weight excluding hydrogens is 242 g/mol. The summed E-state index contributed by atoms with van der Waals surface area (Å²) in [7, 11) is 4.24. The quantitative estimate of drug-likeness (QED) is 0.772. The van der Waals surface area contributed by atoms with Crippen LogP contribution in [0.2, 0.25) is 0 Å². The molecule has 0 bridgehead atoms. The summed E-state index contributed by atoms with van der Waals surface area (Å²) in [4.78, 5) is 6.91. The predicted octanol–water partition coefficient (Wildman–Crippen LogP) is 2.87. The first-order valence-electron chi connectivity index (χ1n) is 6.70. The first kappa shape index (κ1) is 15.6. The van der Waals surface area contributed by atoms with E-state index in [1.54, 1.807) is 11.3 Å². The van der Waals surface area contributed by atoms with Gasteiger partial charge in [-0.1, -0.05) is 20.8 Å². The Morgan fingerprint density at radius 2 is 2.00 bits per heavy atom. The van der Waals surface area contributed by atoms with Gasteiger partial charge in [-0.25, -0.2) is 4.98 Å². The lowest BCUT2D eigenvalue weighted by atomic mass is 9.93. The van der Waals surface area contributed by atoms with Crippen LogP contribution in [0.3, 0.4) is 0 Å². The molecule has 0 atom stereocenters. The average Bonchev–Trinajstić information content (AvgIpc) is 2.71. The second-order valence-corrected chi connectivity index (χ2v) is 7.01. The topological polar surface area (TPSA) is 28.2 Å². The van der Waals surface area contributed by atoms with E-state index in [2.05, 4.69) is 55.4 Å². The van der Waals surface area contributed by atoms with Gasteiger partial charge in [-0.3, -0.25) is 0 Å². The molecule has 0 spiro atoms. The first-order valence-corrected chi connectivity index (χ1v) is 7.58. The number of nitrogens with zero attached hydrogens (tertiary/aromatic N) is 2. The van der Waals surface area contributed by atoms with Gasteiger partial charge in [0, 0.05) is 17.3 Å². The highest BCUT2D eigenvalue weighted by molar-refractivity contribution is 7.09. The third kappa shape index (κ3) is 5.94. The summed E-state index contributed by atoms with van der Waals surface area (Å²) in [6.45, 7) is 9.79. The zero-order chi connectivity index (χ0) is 13.6. The molecule has 1 heterocycles. The Balaban J connectivity index is 2.18. The van der Waals surface area contributed by atoms with Gasteiger partial charge in [0.25, 0.3) is 0 Å². The van der Waals surface area contributed by atoms with Gasteiger partial charge in [-0.15, -0.1) is 11.3 Å². The van der Waals surface area contributed by atoms with Crippen LogP contribution in [0, 0.1) is 0 Å². The lowest BCUT2D eigenvalue weighted by molar-refractivity contribution is 0.391. The fraction of sp³-hybridized carbons (Fsp3) is 0.786. The smallest absolute Gasteiger partial charge is 0.107 e. The number of nitrogens with one attached hydrogen (secondary N) is 1. The molecule has 3 nitrogen and oxygen atoms in total. The van der Waals surface area contributed by atoms with Gasteiger partial charge in [0.05, 0.1) is 5.69 Å². The molecule has 0 radical (unpaired) electrons. The fourth-order valence-corrected chi connectivity index (χ4v) is 2.60. The molecule has 0 aliphatic carbocycles. The van der Waals surface area contributed by atoms with Crippen molar-refractivity contribution in [2.75, 3.05) is 27.2 Å². The lowest BCUT2D eigenvalue weighted by Gasteiger charge is -2.14. The summed E-state index contributed by atoms with van der Waals surface area (Å²) < 4.78 is 0. The molecule has 104 valence electrons. The molecule has 0 fully saturated rings. The molecule has 0 amide bonds. The van der Waals surface area contributed by atoms with E-state index in [0.29, 0.717) is 0 Å². The van der Waals surface area contributed by atoms with Crippen molar-refractivity contribution in [3.8, 4) is 0 Å². The Labute approximate surface area is 116 Å². The van der Waals surface area contributed by atoms with Crippen molar-refractivity contribution >= 4 is 11.3 Å². The summed E-state index contributed by atoms with van der Waals surface area (Å²) in [5, 5.41) is 6.85. The highest BCUT2D eigenvalue weighted by Crippen LogP contribution is 2.23. The number of aromatic nitrogens is 1. The minimum absolute atomic E-state index is 0.167.